The number of hydrogen-bond acceptors (Lipinski definition) is 3. The number of aliphatic hydroxyl groups excluding tert-OH is 1. The SMILES string of the molecule is O=C(Nc1ccccc1Oc1ccccc1)N1CCCCC1CO. The van der Waals surface area contributed by atoms with E-state index in [0.29, 0.717) is 23.7 Å². The molecule has 0 radical (unpaired) electrons. The lowest BCUT2D eigenvalue weighted by Gasteiger charge is -2.34. The number of benzene rings is 2. The van der Waals surface area contributed by atoms with Crippen LogP contribution in [0.3, 0.4) is 0 Å². The van der Waals surface area contributed by atoms with Gasteiger partial charge >= 0.3 is 6.03 Å². The molecule has 0 saturated carbocycles. The van der Waals surface area contributed by atoms with Crippen LogP contribution in [-0.4, -0.2) is 35.2 Å². The first-order valence-corrected chi connectivity index (χ1v) is 8.28. The number of rotatable bonds is 4. The summed E-state index contributed by atoms with van der Waals surface area (Å²) >= 11 is 0. The third kappa shape index (κ3) is 3.86. The van der Waals surface area contributed by atoms with Crippen LogP contribution in [0, 0.1) is 0 Å². The number of nitrogens with one attached hydrogen (secondary N) is 1. The third-order valence-electron chi connectivity index (χ3n) is 4.20. The number of amides is 2. The van der Waals surface area contributed by atoms with E-state index >= 15 is 0 Å². The molecule has 1 aliphatic rings. The van der Waals surface area contributed by atoms with E-state index in [1.165, 1.54) is 0 Å². The molecule has 1 atom stereocenters. The van der Waals surface area contributed by atoms with Gasteiger partial charge < -0.3 is 20.1 Å². The fourth-order valence-corrected chi connectivity index (χ4v) is 2.92. The number of hydrogen-bond donors (Lipinski definition) is 2. The van der Waals surface area contributed by atoms with Crippen LogP contribution in [0.25, 0.3) is 0 Å². The monoisotopic (exact) mass is 326 g/mol. The van der Waals surface area contributed by atoms with Crippen molar-refractivity contribution >= 4 is 11.7 Å². The summed E-state index contributed by atoms with van der Waals surface area (Å²) in [6.07, 6.45) is 2.85. The highest BCUT2D eigenvalue weighted by atomic mass is 16.5. The summed E-state index contributed by atoms with van der Waals surface area (Å²) in [6, 6.07) is 16.5. The average Bonchev–Trinajstić information content (AvgIpc) is 2.64. The number of carbonyl (C=O) groups excluding carboxylic acids is 1. The van der Waals surface area contributed by atoms with Crippen molar-refractivity contribution < 1.29 is 14.6 Å². The second-order valence-electron chi connectivity index (χ2n) is 5.87. The van der Waals surface area contributed by atoms with Crippen LogP contribution in [0.2, 0.25) is 0 Å². The van der Waals surface area contributed by atoms with Crippen molar-refractivity contribution in [2.24, 2.45) is 0 Å². The molecule has 1 saturated heterocycles. The fourth-order valence-electron chi connectivity index (χ4n) is 2.92. The topological polar surface area (TPSA) is 61.8 Å². The van der Waals surface area contributed by atoms with Gasteiger partial charge in [0, 0.05) is 6.54 Å². The van der Waals surface area contributed by atoms with Gasteiger partial charge in [0.2, 0.25) is 0 Å². The Kier molecular flexibility index (Phi) is 5.33. The Morgan fingerprint density at radius 3 is 2.67 bits per heavy atom. The van der Waals surface area contributed by atoms with Gasteiger partial charge in [0.15, 0.2) is 5.75 Å². The lowest BCUT2D eigenvalue weighted by molar-refractivity contribution is 0.115. The number of para-hydroxylation sites is 3. The quantitative estimate of drug-likeness (QED) is 0.897. The van der Waals surface area contributed by atoms with Crippen molar-refractivity contribution in [3.63, 3.8) is 0 Å². The molecule has 3 rings (SSSR count). The number of carbonyl (C=O) groups is 1. The first kappa shape index (κ1) is 16.3. The Morgan fingerprint density at radius 1 is 1.12 bits per heavy atom. The normalized spacial score (nSPS) is 17.4. The first-order chi connectivity index (χ1) is 11.8. The summed E-state index contributed by atoms with van der Waals surface area (Å²) in [5, 5.41) is 12.4. The van der Waals surface area contributed by atoms with Crippen LogP contribution < -0.4 is 10.1 Å². The summed E-state index contributed by atoms with van der Waals surface area (Å²) < 4.78 is 5.87. The van der Waals surface area contributed by atoms with Gasteiger partial charge in [0.1, 0.15) is 5.75 Å². The smallest absolute Gasteiger partial charge is 0.322 e. The van der Waals surface area contributed by atoms with E-state index in [2.05, 4.69) is 5.32 Å². The fraction of sp³-hybridized carbons (Fsp3) is 0.316. The van der Waals surface area contributed by atoms with Gasteiger partial charge in [-0.3, -0.25) is 0 Å². The molecule has 1 fully saturated rings. The molecule has 5 heteroatoms. The van der Waals surface area contributed by atoms with Crippen molar-refractivity contribution in [1.29, 1.82) is 0 Å². The first-order valence-electron chi connectivity index (χ1n) is 8.28. The molecule has 126 valence electrons. The molecule has 0 bridgehead atoms. The number of urea groups is 1. The summed E-state index contributed by atoms with van der Waals surface area (Å²) in [5.41, 5.74) is 0.619. The van der Waals surface area contributed by atoms with Crippen LogP contribution in [-0.2, 0) is 0 Å². The number of anilines is 1. The second kappa shape index (κ2) is 7.84. The van der Waals surface area contributed by atoms with Gasteiger partial charge in [-0.05, 0) is 43.5 Å². The molecule has 0 aromatic heterocycles. The van der Waals surface area contributed by atoms with Gasteiger partial charge in [0.05, 0.1) is 18.3 Å². The van der Waals surface area contributed by atoms with E-state index in [9.17, 15) is 9.90 Å². The Morgan fingerprint density at radius 2 is 1.88 bits per heavy atom. The molecular weight excluding hydrogens is 304 g/mol. The molecule has 1 aliphatic heterocycles. The lowest BCUT2D eigenvalue weighted by atomic mass is 10.0. The Balaban J connectivity index is 1.74. The lowest BCUT2D eigenvalue weighted by Crippen LogP contribution is -2.47. The predicted octanol–water partition coefficient (Wildman–Crippen LogP) is 3.86. The molecular formula is C19H22N2O3. The van der Waals surface area contributed by atoms with E-state index in [1.54, 1.807) is 4.90 Å². The average molecular weight is 326 g/mol. The number of piperidine rings is 1. The van der Waals surface area contributed by atoms with Crippen molar-refractivity contribution in [3.8, 4) is 11.5 Å². The molecule has 0 aliphatic carbocycles. The molecule has 2 amide bonds. The molecule has 24 heavy (non-hydrogen) atoms. The van der Waals surface area contributed by atoms with Gasteiger partial charge in [-0.15, -0.1) is 0 Å². The maximum Gasteiger partial charge on any atom is 0.322 e. The standard InChI is InChI=1S/C19H22N2O3/c22-14-15-8-6-7-13-21(15)19(23)20-17-11-4-5-12-18(17)24-16-9-2-1-3-10-16/h1-5,9-12,15,22H,6-8,13-14H2,(H,20,23). The van der Waals surface area contributed by atoms with Gasteiger partial charge in [0.25, 0.3) is 0 Å². The third-order valence-corrected chi connectivity index (χ3v) is 4.20. The van der Waals surface area contributed by atoms with E-state index in [-0.39, 0.29) is 18.7 Å². The van der Waals surface area contributed by atoms with E-state index in [0.717, 1.165) is 19.3 Å². The Hall–Kier alpha value is -2.53. The van der Waals surface area contributed by atoms with Crippen molar-refractivity contribution in [3.05, 3.63) is 54.6 Å². The summed E-state index contributed by atoms with van der Waals surface area (Å²) in [6.45, 7) is 0.661. The zero-order valence-corrected chi connectivity index (χ0v) is 13.5. The second-order valence-corrected chi connectivity index (χ2v) is 5.87. The van der Waals surface area contributed by atoms with Crippen LogP contribution >= 0.6 is 0 Å². The number of nitrogens with zero attached hydrogens (tertiary/aromatic N) is 1. The molecule has 2 aromatic carbocycles. The van der Waals surface area contributed by atoms with Crippen LogP contribution in [0.1, 0.15) is 19.3 Å². The van der Waals surface area contributed by atoms with Crippen LogP contribution in [0.15, 0.2) is 54.6 Å². The molecule has 2 N–H and O–H groups in total. The van der Waals surface area contributed by atoms with Crippen LogP contribution in [0.4, 0.5) is 10.5 Å². The van der Waals surface area contributed by atoms with Crippen molar-refractivity contribution in [2.75, 3.05) is 18.5 Å². The van der Waals surface area contributed by atoms with E-state index in [1.807, 2.05) is 54.6 Å². The molecule has 2 aromatic rings. The number of aliphatic hydroxyl groups is 1. The maximum absolute atomic E-state index is 12.6. The minimum absolute atomic E-state index is 0.00438. The molecule has 1 heterocycles. The minimum Gasteiger partial charge on any atom is -0.455 e. The Bertz CT molecular complexity index is 675. The van der Waals surface area contributed by atoms with Gasteiger partial charge in [-0.1, -0.05) is 30.3 Å². The number of likely N-dealkylation sites (tertiary alicyclic amines) is 1. The highest BCUT2D eigenvalue weighted by molar-refractivity contribution is 5.91. The molecule has 0 spiro atoms. The summed E-state index contributed by atoms with van der Waals surface area (Å²) in [4.78, 5) is 14.3. The van der Waals surface area contributed by atoms with Crippen LogP contribution in [0.5, 0.6) is 11.5 Å². The predicted molar refractivity (Wildman–Crippen MR) is 93.4 cm³/mol. The van der Waals surface area contributed by atoms with Crippen molar-refractivity contribution in [2.45, 2.75) is 25.3 Å². The molecule has 5 nitrogen and oxygen atoms in total. The van der Waals surface area contributed by atoms with E-state index in [4.69, 9.17) is 4.74 Å². The van der Waals surface area contributed by atoms with Crippen molar-refractivity contribution in [1.82, 2.24) is 4.90 Å². The summed E-state index contributed by atoms with van der Waals surface area (Å²) in [7, 11) is 0. The maximum atomic E-state index is 12.6. The largest absolute Gasteiger partial charge is 0.455 e. The minimum atomic E-state index is -0.196. The zero-order chi connectivity index (χ0) is 16.8. The van der Waals surface area contributed by atoms with Gasteiger partial charge in [-0.2, -0.15) is 0 Å². The number of ether oxygens (including phenoxy) is 1. The highest BCUT2D eigenvalue weighted by Gasteiger charge is 2.26. The zero-order valence-electron chi connectivity index (χ0n) is 13.5. The highest BCUT2D eigenvalue weighted by Crippen LogP contribution is 2.29. The van der Waals surface area contributed by atoms with Gasteiger partial charge in [-0.25, -0.2) is 4.79 Å². The molecule has 1 unspecified atom stereocenters. The Labute approximate surface area is 141 Å². The summed E-state index contributed by atoms with van der Waals surface area (Å²) in [5.74, 6) is 1.31. The van der Waals surface area contributed by atoms with E-state index < -0.39 is 0 Å².